The van der Waals surface area contributed by atoms with Crippen LogP contribution in [0.1, 0.15) is 11.8 Å². The van der Waals surface area contributed by atoms with Crippen LogP contribution in [-0.4, -0.2) is 10.8 Å². The van der Waals surface area contributed by atoms with Crippen molar-refractivity contribution in [2.45, 2.75) is 6.92 Å². The summed E-state index contributed by atoms with van der Waals surface area (Å²) in [5.41, 5.74) is 4.66. The lowest BCUT2D eigenvalue weighted by molar-refractivity contribution is 1.04. The van der Waals surface area contributed by atoms with Gasteiger partial charge in [0.2, 0.25) is 0 Å². The Balaban J connectivity index is 1.93. The number of nitrogens with one attached hydrogen (secondary N) is 2. The molecule has 98 valence electrons. The number of thiocarbonyl (C=S) groups is 1. The zero-order chi connectivity index (χ0) is 13.7. The molecule has 0 spiro atoms. The highest BCUT2D eigenvalue weighted by Crippen LogP contribution is 2.15. The van der Waals surface area contributed by atoms with Gasteiger partial charge in [0.25, 0.3) is 0 Å². The fourth-order valence-electron chi connectivity index (χ4n) is 1.40. The number of benzene rings is 1. The van der Waals surface area contributed by atoms with Crippen molar-refractivity contribution in [3.63, 3.8) is 0 Å². The predicted octanol–water partition coefficient (Wildman–Crippen LogP) is 4.22. The van der Waals surface area contributed by atoms with Gasteiger partial charge in [0.15, 0.2) is 5.11 Å². The monoisotopic (exact) mass is 353 g/mol. The Morgan fingerprint density at radius 2 is 2.16 bits per heavy atom. The quantitative estimate of drug-likeness (QED) is 0.492. The first-order valence-corrected chi connectivity index (χ1v) is 7.64. The van der Waals surface area contributed by atoms with Crippen LogP contribution in [0.25, 0.3) is 0 Å². The van der Waals surface area contributed by atoms with Crippen LogP contribution in [0.15, 0.2) is 51.4 Å². The molecule has 1 aromatic heterocycles. The van der Waals surface area contributed by atoms with Gasteiger partial charge in [-0.25, -0.2) is 0 Å². The summed E-state index contributed by atoms with van der Waals surface area (Å²) in [5.74, 6) is 0. The second-order valence-corrected chi connectivity index (χ2v) is 6.02. The highest BCUT2D eigenvalue weighted by atomic mass is 79.9. The molecule has 1 heterocycles. The lowest BCUT2D eigenvalue weighted by atomic mass is 10.3. The Hall–Kier alpha value is -1.24. The van der Waals surface area contributed by atoms with Crippen LogP contribution in [0.4, 0.5) is 5.69 Å². The van der Waals surface area contributed by atoms with E-state index in [4.69, 9.17) is 12.2 Å². The molecule has 0 saturated carbocycles. The molecule has 0 aliphatic heterocycles. The molecule has 0 radical (unpaired) electrons. The van der Waals surface area contributed by atoms with Gasteiger partial charge in [0.1, 0.15) is 0 Å². The number of hydrogen-bond donors (Lipinski definition) is 2. The Bertz CT molecular complexity index is 594. The van der Waals surface area contributed by atoms with Crippen LogP contribution in [-0.2, 0) is 0 Å². The number of nitrogens with zero attached hydrogens (tertiary/aromatic N) is 1. The second-order valence-electron chi connectivity index (χ2n) is 3.75. The molecule has 0 unspecified atom stereocenters. The highest BCUT2D eigenvalue weighted by Gasteiger charge is 2.00. The number of hydrazone groups is 1. The van der Waals surface area contributed by atoms with Gasteiger partial charge in [0, 0.05) is 15.0 Å². The molecule has 0 aliphatic carbocycles. The Labute approximate surface area is 129 Å². The minimum atomic E-state index is 0.467. The lowest BCUT2D eigenvalue weighted by Gasteiger charge is -2.07. The van der Waals surface area contributed by atoms with Gasteiger partial charge in [0.05, 0.1) is 5.71 Å². The van der Waals surface area contributed by atoms with Crippen molar-refractivity contribution >= 4 is 56.0 Å². The van der Waals surface area contributed by atoms with E-state index in [0.717, 1.165) is 20.7 Å². The average Bonchev–Trinajstić information content (AvgIpc) is 2.90. The molecule has 0 amide bonds. The first-order chi connectivity index (χ1) is 9.15. The van der Waals surface area contributed by atoms with Gasteiger partial charge < -0.3 is 5.32 Å². The van der Waals surface area contributed by atoms with Crippen molar-refractivity contribution < 1.29 is 0 Å². The molecule has 0 saturated heterocycles. The standard InChI is InChI=1S/C13H12BrN3S2/c1-9(12-6-3-7-19-12)16-17-13(18)15-11-5-2-4-10(14)8-11/h2-8H,1H3,(H2,15,17,18)/b16-9-. The maximum absolute atomic E-state index is 5.19. The molecule has 6 heteroatoms. The van der Waals surface area contributed by atoms with Crippen LogP contribution in [0.3, 0.4) is 0 Å². The maximum Gasteiger partial charge on any atom is 0.191 e. The third kappa shape index (κ3) is 4.41. The van der Waals surface area contributed by atoms with Gasteiger partial charge in [-0.2, -0.15) is 5.10 Å². The van der Waals surface area contributed by atoms with Crippen molar-refractivity contribution in [3.8, 4) is 0 Å². The maximum atomic E-state index is 5.19. The Morgan fingerprint density at radius 1 is 1.32 bits per heavy atom. The minimum Gasteiger partial charge on any atom is -0.331 e. The van der Waals surface area contributed by atoms with Crippen LogP contribution >= 0.6 is 39.5 Å². The zero-order valence-corrected chi connectivity index (χ0v) is 13.4. The van der Waals surface area contributed by atoms with E-state index >= 15 is 0 Å². The van der Waals surface area contributed by atoms with Crippen molar-refractivity contribution in [2.75, 3.05) is 5.32 Å². The molecular formula is C13H12BrN3S2. The fourth-order valence-corrected chi connectivity index (χ4v) is 2.64. The number of halogens is 1. The normalized spacial score (nSPS) is 11.2. The number of rotatable bonds is 3. The summed E-state index contributed by atoms with van der Waals surface area (Å²) in [4.78, 5) is 1.12. The Morgan fingerprint density at radius 3 is 2.84 bits per heavy atom. The van der Waals surface area contributed by atoms with Crippen LogP contribution in [0.2, 0.25) is 0 Å². The third-order valence-corrected chi connectivity index (χ3v) is 3.95. The summed E-state index contributed by atoms with van der Waals surface area (Å²) in [5, 5.41) is 9.80. The van der Waals surface area contributed by atoms with E-state index in [9.17, 15) is 0 Å². The average molecular weight is 354 g/mol. The van der Waals surface area contributed by atoms with Crippen molar-refractivity contribution in [2.24, 2.45) is 5.10 Å². The molecule has 19 heavy (non-hydrogen) atoms. The molecule has 0 bridgehead atoms. The fraction of sp³-hybridized carbons (Fsp3) is 0.0769. The molecule has 2 aromatic rings. The van der Waals surface area contributed by atoms with E-state index in [2.05, 4.69) is 31.8 Å². The summed E-state index contributed by atoms with van der Waals surface area (Å²) >= 11 is 10.2. The largest absolute Gasteiger partial charge is 0.331 e. The topological polar surface area (TPSA) is 36.4 Å². The van der Waals surface area contributed by atoms with Gasteiger partial charge in [-0.05, 0) is 48.8 Å². The van der Waals surface area contributed by atoms with Crippen molar-refractivity contribution in [3.05, 3.63) is 51.1 Å². The first kappa shape index (κ1) is 14.2. The minimum absolute atomic E-state index is 0.467. The molecule has 0 aliphatic rings. The van der Waals surface area contributed by atoms with Gasteiger partial charge in [-0.15, -0.1) is 11.3 Å². The Kier molecular flexibility index (Phi) is 5.07. The zero-order valence-electron chi connectivity index (χ0n) is 10.2. The number of hydrogen-bond acceptors (Lipinski definition) is 3. The van der Waals surface area contributed by atoms with E-state index in [1.54, 1.807) is 11.3 Å². The van der Waals surface area contributed by atoms with Gasteiger partial charge in [-0.3, -0.25) is 5.43 Å². The van der Waals surface area contributed by atoms with E-state index in [-0.39, 0.29) is 0 Å². The predicted molar refractivity (Wildman–Crippen MR) is 90.0 cm³/mol. The van der Waals surface area contributed by atoms with E-state index < -0.39 is 0 Å². The van der Waals surface area contributed by atoms with Crippen LogP contribution in [0.5, 0.6) is 0 Å². The molecule has 2 N–H and O–H groups in total. The summed E-state index contributed by atoms with van der Waals surface area (Å²) in [6.07, 6.45) is 0. The summed E-state index contributed by atoms with van der Waals surface area (Å²) in [6, 6.07) is 11.8. The second kappa shape index (κ2) is 6.79. The SMILES string of the molecule is C/C(=N/NC(=S)Nc1cccc(Br)c1)c1cccs1. The highest BCUT2D eigenvalue weighted by molar-refractivity contribution is 9.10. The number of thiophene rings is 1. The van der Waals surface area contributed by atoms with Crippen LogP contribution < -0.4 is 10.7 Å². The molecule has 3 nitrogen and oxygen atoms in total. The van der Waals surface area contributed by atoms with Crippen molar-refractivity contribution in [1.82, 2.24) is 5.43 Å². The van der Waals surface area contributed by atoms with E-state index in [1.165, 1.54) is 0 Å². The summed E-state index contributed by atoms with van der Waals surface area (Å²) < 4.78 is 0.999. The van der Waals surface area contributed by atoms with Gasteiger partial charge >= 0.3 is 0 Å². The molecule has 2 rings (SSSR count). The summed E-state index contributed by atoms with van der Waals surface area (Å²) in [6.45, 7) is 1.94. The lowest BCUT2D eigenvalue weighted by Crippen LogP contribution is -2.24. The molecule has 0 atom stereocenters. The number of anilines is 1. The summed E-state index contributed by atoms with van der Waals surface area (Å²) in [7, 11) is 0. The molecule has 0 fully saturated rings. The van der Waals surface area contributed by atoms with Gasteiger partial charge in [-0.1, -0.05) is 28.1 Å². The van der Waals surface area contributed by atoms with E-state index in [1.807, 2.05) is 48.7 Å². The third-order valence-electron chi connectivity index (χ3n) is 2.29. The van der Waals surface area contributed by atoms with Crippen LogP contribution in [0, 0.1) is 0 Å². The first-order valence-electron chi connectivity index (χ1n) is 5.56. The van der Waals surface area contributed by atoms with E-state index in [0.29, 0.717) is 5.11 Å². The molecular weight excluding hydrogens is 342 g/mol. The molecule has 1 aromatic carbocycles. The van der Waals surface area contributed by atoms with Crippen molar-refractivity contribution in [1.29, 1.82) is 0 Å². The smallest absolute Gasteiger partial charge is 0.191 e.